The van der Waals surface area contributed by atoms with E-state index in [0.717, 1.165) is 70.3 Å². The third-order valence-corrected chi connectivity index (χ3v) is 6.47. The van der Waals surface area contributed by atoms with Crippen molar-refractivity contribution in [3.8, 4) is 0 Å². The maximum atomic E-state index is 12.4. The summed E-state index contributed by atoms with van der Waals surface area (Å²) in [5, 5.41) is 4.04. The smallest absolute Gasteiger partial charge is 0.409 e. The standard InChI is InChI=1S/C21H30N2O3S/c1-2-3-4-14-26-20(25)23-13-10-21(17-23)8-11-22(12-9-21)19(24)6-5-18-7-15-27-16-18/h5-7,15-16H,2-4,8-14,17H2,1H3/b6-5+. The molecule has 2 amide bonds. The molecule has 1 spiro atoms. The van der Waals surface area contributed by atoms with Gasteiger partial charge < -0.3 is 14.5 Å². The van der Waals surface area contributed by atoms with E-state index in [1.807, 2.05) is 32.7 Å². The van der Waals surface area contributed by atoms with Gasteiger partial charge in [-0.05, 0) is 59.6 Å². The first-order chi connectivity index (χ1) is 13.1. The number of carbonyl (C=O) groups excluding carboxylic acids is 2. The van der Waals surface area contributed by atoms with Crippen LogP contribution in [-0.2, 0) is 9.53 Å². The first-order valence-electron chi connectivity index (χ1n) is 10.0. The molecule has 0 aromatic carbocycles. The maximum Gasteiger partial charge on any atom is 0.409 e. The van der Waals surface area contributed by atoms with Crippen LogP contribution in [0.5, 0.6) is 0 Å². The molecule has 5 nitrogen and oxygen atoms in total. The van der Waals surface area contributed by atoms with Crippen LogP contribution in [0.25, 0.3) is 6.08 Å². The number of carbonyl (C=O) groups is 2. The molecular formula is C21H30N2O3S. The molecule has 0 bridgehead atoms. The second-order valence-electron chi connectivity index (χ2n) is 7.71. The van der Waals surface area contributed by atoms with Crippen molar-refractivity contribution >= 4 is 29.4 Å². The first kappa shape index (κ1) is 19.9. The van der Waals surface area contributed by atoms with Crippen LogP contribution in [0.1, 0.15) is 51.0 Å². The van der Waals surface area contributed by atoms with E-state index in [9.17, 15) is 9.59 Å². The Bertz CT molecular complexity index is 648. The molecule has 2 aliphatic heterocycles. The molecule has 2 fully saturated rings. The van der Waals surface area contributed by atoms with Crippen LogP contribution in [0.4, 0.5) is 4.79 Å². The highest BCUT2D eigenvalue weighted by molar-refractivity contribution is 7.08. The van der Waals surface area contributed by atoms with Crippen molar-refractivity contribution in [1.29, 1.82) is 0 Å². The van der Waals surface area contributed by atoms with E-state index >= 15 is 0 Å². The fourth-order valence-corrected chi connectivity index (χ4v) is 4.57. The number of piperidine rings is 1. The number of rotatable bonds is 6. The summed E-state index contributed by atoms with van der Waals surface area (Å²) >= 11 is 1.63. The minimum absolute atomic E-state index is 0.0845. The third-order valence-electron chi connectivity index (χ3n) is 5.77. The Morgan fingerprint density at radius 3 is 2.59 bits per heavy atom. The molecule has 1 aromatic rings. The molecule has 1 aromatic heterocycles. The minimum Gasteiger partial charge on any atom is -0.449 e. The monoisotopic (exact) mass is 390 g/mol. The highest BCUT2D eigenvalue weighted by atomic mass is 32.1. The molecule has 0 saturated carbocycles. The largest absolute Gasteiger partial charge is 0.449 e. The molecule has 27 heavy (non-hydrogen) atoms. The number of likely N-dealkylation sites (tertiary alicyclic amines) is 2. The summed E-state index contributed by atoms with van der Waals surface area (Å²) in [7, 11) is 0. The minimum atomic E-state index is -0.166. The van der Waals surface area contributed by atoms with Gasteiger partial charge in [-0.25, -0.2) is 4.79 Å². The van der Waals surface area contributed by atoms with Gasteiger partial charge in [-0.3, -0.25) is 4.79 Å². The Balaban J connectivity index is 1.43. The molecule has 3 rings (SSSR count). The molecule has 0 atom stereocenters. The lowest BCUT2D eigenvalue weighted by molar-refractivity contribution is -0.128. The van der Waals surface area contributed by atoms with Gasteiger partial charge in [0.25, 0.3) is 0 Å². The van der Waals surface area contributed by atoms with Gasteiger partial charge in [-0.2, -0.15) is 11.3 Å². The maximum absolute atomic E-state index is 12.4. The lowest BCUT2D eigenvalue weighted by atomic mass is 9.78. The summed E-state index contributed by atoms with van der Waals surface area (Å²) in [5.41, 5.74) is 1.24. The molecule has 6 heteroatoms. The summed E-state index contributed by atoms with van der Waals surface area (Å²) in [6.07, 6.45) is 9.50. The van der Waals surface area contributed by atoms with Gasteiger partial charge >= 0.3 is 6.09 Å². The highest BCUT2D eigenvalue weighted by Crippen LogP contribution is 2.40. The van der Waals surface area contributed by atoms with E-state index in [1.54, 1.807) is 17.4 Å². The number of amides is 2. The predicted octanol–water partition coefficient (Wildman–Crippen LogP) is 4.40. The van der Waals surface area contributed by atoms with Gasteiger partial charge in [-0.1, -0.05) is 19.8 Å². The summed E-state index contributed by atoms with van der Waals surface area (Å²) in [5.74, 6) is 0.0845. The van der Waals surface area contributed by atoms with Crippen molar-refractivity contribution in [2.45, 2.75) is 45.4 Å². The third kappa shape index (κ3) is 5.34. The lowest BCUT2D eigenvalue weighted by Crippen LogP contribution is -2.44. The molecule has 3 heterocycles. The molecule has 0 N–H and O–H groups in total. The Kier molecular flexibility index (Phi) is 6.94. The number of ether oxygens (including phenoxy) is 1. The number of unbranched alkanes of at least 4 members (excludes halogenated alkanes) is 2. The molecule has 148 valence electrons. The molecule has 2 saturated heterocycles. The second-order valence-corrected chi connectivity index (χ2v) is 8.49. The van der Waals surface area contributed by atoms with Gasteiger partial charge in [0, 0.05) is 32.3 Å². The Hall–Kier alpha value is -1.82. The fourth-order valence-electron chi connectivity index (χ4n) is 3.95. The molecular weight excluding hydrogens is 360 g/mol. The Morgan fingerprint density at radius 1 is 1.19 bits per heavy atom. The fraction of sp³-hybridized carbons (Fsp3) is 0.619. The average molecular weight is 391 g/mol. The van der Waals surface area contributed by atoms with Gasteiger partial charge in [0.15, 0.2) is 0 Å². The van der Waals surface area contributed by atoms with Crippen molar-refractivity contribution in [2.24, 2.45) is 5.41 Å². The van der Waals surface area contributed by atoms with Crippen molar-refractivity contribution in [2.75, 3.05) is 32.8 Å². The summed E-state index contributed by atoms with van der Waals surface area (Å²) in [6, 6.07) is 2.01. The topological polar surface area (TPSA) is 49.9 Å². The van der Waals surface area contributed by atoms with Crippen LogP contribution in [0, 0.1) is 5.41 Å². The van der Waals surface area contributed by atoms with Crippen molar-refractivity contribution in [3.05, 3.63) is 28.5 Å². The van der Waals surface area contributed by atoms with Crippen LogP contribution in [0.15, 0.2) is 22.9 Å². The average Bonchev–Trinajstić information content (AvgIpc) is 3.34. The zero-order valence-corrected chi connectivity index (χ0v) is 17.0. The van der Waals surface area contributed by atoms with Crippen molar-refractivity contribution < 1.29 is 14.3 Å². The quantitative estimate of drug-likeness (QED) is 0.534. The van der Waals surface area contributed by atoms with Crippen LogP contribution in [0.3, 0.4) is 0 Å². The van der Waals surface area contributed by atoms with Gasteiger partial charge in [-0.15, -0.1) is 0 Å². The predicted molar refractivity (Wildman–Crippen MR) is 109 cm³/mol. The Labute approximate surface area is 166 Å². The molecule has 0 unspecified atom stereocenters. The summed E-state index contributed by atoms with van der Waals surface area (Å²) < 4.78 is 5.40. The van der Waals surface area contributed by atoms with E-state index in [1.165, 1.54) is 0 Å². The molecule has 2 aliphatic rings. The number of hydrogen-bond acceptors (Lipinski definition) is 4. The summed E-state index contributed by atoms with van der Waals surface area (Å²) in [4.78, 5) is 28.4. The first-order valence-corrected chi connectivity index (χ1v) is 11.0. The molecule has 0 aliphatic carbocycles. The highest BCUT2D eigenvalue weighted by Gasteiger charge is 2.42. The van der Waals surface area contributed by atoms with E-state index in [2.05, 4.69) is 6.92 Å². The zero-order valence-electron chi connectivity index (χ0n) is 16.2. The number of hydrogen-bond donors (Lipinski definition) is 0. The number of nitrogens with zero attached hydrogens (tertiary/aromatic N) is 2. The molecule has 0 radical (unpaired) electrons. The van der Waals surface area contributed by atoms with Crippen LogP contribution >= 0.6 is 11.3 Å². The SMILES string of the molecule is CCCCCOC(=O)N1CCC2(CCN(C(=O)/C=C/c3ccsc3)CC2)C1. The van der Waals surface area contributed by atoms with Crippen molar-refractivity contribution in [1.82, 2.24) is 9.80 Å². The van der Waals surface area contributed by atoms with E-state index in [0.29, 0.717) is 6.61 Å². The second kappa shape index (κ2) is 9.40. The lowest BCUT2D eigenvalue weighted by Gasteiger charge is -2.38. The normalized spacial score (nSPS) is 19.1. The van der Waals surface area contributed by atoms with E-state index in [4.69, 9.17) is 4.74 Å². The van der Waals surface area contributed by atoms with Crippen LogP contribution < -0.4 is 0 Å². The zero-order chi connectivity index (χ0) is 19.1. The van der Waals surface area contributed by atoms with Crippen LogP contribution in [-0.4, -0.2) is 54.6 Å². The Morgan fingerprint density at radius 2 is 1.93 bits per heavy atom. The van der Waals surface area contributed by atoms with Gasteiger partial charge in [0.2, 0.25) is 5.91 Å². The van der Waals surface area contributed by atoms with Gasteiger partial charge in [0.05, 0.1) is 6.61 Å². The summed E-state index contributed by atoms with van der Waals surface area (Å²) in [6.45, 7) is 5.75. The van der Waals surface area contributed by atoms with Gasteiger partial charge in [0.1, 0.15) is 0 Å². The van der Waals surface area contributed by atoms with E-state index in [-0.39, 0.29) is 17.4 Å². The van der Waals surface area contributed by atoms with Crippen molar-refractivity contribution in [3.63, 3.8) is 0 Å². The van der Waals surface area contributed by atoms with Crippen LogP contribution in [0.2, 0.25) is 0 Å². The van der Waals surface area contributed by atoms with E-state index < -0.39 is 0 Å². The number of thiophene rings is 1.